The summed E-state index contributed by atoms with van der Waals surface area (Å²) in [6, 6.07) is 0.333. The molecule has 4 nitrogen and oxygen atoms in total. The molecule has 1 unspecified atom stereocenters. The van der Waals surface area contributed by atoms with Crippen LogP contribution in [-0.2, 0) is 7.05 Å². The first-order valence-corrected chi connectivity index (χ1v) is 5.96. The minimum absolute atomic E-state index is 0.333. The maximum atomic E-state index is 4.34. The molecule has 1 atom stereocenters. The van der Waals surface area contributed by atoms with E-state index in [-0.39, 0.29) is 0 Å². The fourth-order valence-electron chi connectivity index (χ4n) is 1.76. The summed E-state index contributed by atoms with van der Waals surface area (Å²) in [5.74, 6) is 1.10. The Labute approximate surface area is 98.7 Å². The second-order valence-electron chi connectivity index (χ2n) is 4.58. The van der Waals surface area contributed by atoms with Crippen LogP contribution in [0.4, 0.5) is 0 Å². The van der Waals surface area contributed by atoms with Crippen LogP contribution in [0.5, 0.6) is 0 Å². The van der Waals surface area contributed by atoms with Crippen molar-refractivity contribution in [3.8, 4) is 0 Å². The smallest absolute Gasteiger partial charge is 0.125 e. The van der Waals surface area contributed by atoms with Gasteiger partial charge >= 0.3 is 0 Å². The SMILES string of the molecule is CC(NCCCCN(C)C)c1nccn1C. The third kappa shape index (κ3) is 4.33. The van der Waals surface area contributed by atoms with Crippen LogP contribution in [-0.4, -0.2) is 41.6 Å². The molecule has 1 aromatic rings. The summed E-state index contributed by atoms with van der Waals surface area (Å²) < 4.78 is 2.07. The van der Waals surface area contributed by atoms with Gasteiger partial charge in [-0.15, -0.1) is 0 Å². The summed E-state index contributed by atoms with van der Waals surface area (Å²) in [6.07, 6.45) is 6.29. The van der Waals surface area contributed by atoms with E-state index in [9.17, 15) is 0 Å². The van der Waals surface area contributed by atoms with Gasteiger partial charge in [-0.2, -0.15) is 0 Å². The van der Waals surface area contributed by atoms with Crippen molar-refractivity contribution in [2.75, 3.05) is 27.2 Å². The number of unbranched alkanes of at least 4 members (excludes halogenated alkanes) is 1. The number of nitrogens with zero attached hydrogens (tertiary/aromatic N) is 3. The second-order valence-corrected chi connectivity index (χ2v) is 4.58. The Morgan fingerprint density at radius 2 is 2.19 bits per heavy atom. The number of aromatic nitrogens is 2. The summed E-state index contributed by atoms with van der Waals surface area (Å²) in [7, 11) is 6.26. The van der Waals surface area contributed by atoms with E-state index in [2.05, 4.69) is 40.8 Å². The molecular formula is C12H24N4. The first kappa shape index (κ1) is 13.2. The van der Waals surface area contributed by atoms with Crippen molar-refractivity contribution >= 4 is 0 Å². The van der Waals surface area contributed by atoms with Gasteiger partial charge in [-0.1, -0.05) is 0 Å². The molecule has 0 saturated heterocycles. The predicted molar refractivity (Wildman–Crippen MR) is 67.4 cm³/mol. The van der Waals surface area contributed by atoms with E-state index in [0.717, 1.165) is 12.4 Å². The number of hydrogen-bond acceptors (Lipinski definition) is 3. The number of hydrogen-bond donors (Lipinski definition) is 1. The Balaban J connectivity index is 2.16. The molecule has 0 saturated carbocycles. The number of aryl methyl sites for hydroxylation is 1. The monoisotopic (exact) mass is 224 g/mol. The van der Waals surface area contributed by atoms with Crippen molar-refractivity contribution in [3.05, 3.63) is 18.2 Å². The molecule has 1 rings (SSSR count). The number of rotatable bonds is 7. The van der Waals surface area contributed by atoms with Crippen LogP contribution in [0.15, 0.2) is 12.4 Å². The lowest BCUT2D eigenvalue weighted by molar-refractivity contribution is 0.388. The van der Waals surface area contributed by atoms with Crippen molar-refractivity contribution in [1.29, 1.82) is 0 Å². The molecule has 0 aliphatic heterocycles. The normalized spacial score (nSPS) is 13.3. The Bertz CT molecular complexity index is 293. The summed E-state index contributed by atoms with van der Waals surface area (Å²) in [5, 5.41) is 3.50. The van der Waals surface area contributed by atoms with Gasteiger partial charge in [0.15, 0.2) is 0 Å². The Hall–Kier alpha value is -0.870. The highest BCUT2D eigenvalue weighted by atomic mass is 15.1. The maximum absolute atomic E-state index is 4.34. The van der Waals surface area contributed by atoms with Gasteiger partial charge in [0, 0.05) is 19.4 Å². The van der Waals surface area contributed by atoms with E-state index >= 15 is 0 Å². The van der Waals surface area contributed by atoms with E-state index in [1.165, 1.54) is 19.4 Å². The highest BCUT2D eigenvalue weighted by Crippen LogP contribution is 2.08. The van der Waals surface area contributed by atoms with E-state index in [4.69, 9.17) is 0 Å². The Morgan fingerprint density at radius 3 is 2.75 bits per heavy atom. The van der Waals surface area contributed by atoms with Crippen LogP contribution in [0.3, 0.4) is 0 Å². The van der Waals surface area contributed by atoms with E-state index in [0.29, 0.717) is 6.04 Å². The molecule has 92 valence electrons. The third-order valence-corrected chi connectivity index (χ3v) is 2.73. The molecule has 0 radical (unpaired) electrons. The molecule has 0 bridgehead atoms. The largest absolute Gasteiger partial charge is 0.337 e. The summed E-state index contributed by atoms with van der Waals surface area (Å²) in [4.78, 5) is 6.56. The molecule has 1 N–H and O–H groups in total. The lowest BCUT2D eigenvalue weighted by Crippen LogP contribution is -2.23. The van der Waals surface area contributed by atoms with Crippen LogP contribution in [0.25, 0.3) is 0 Å². The highest BCUT2D eigenvalue weighted by Gasteiger charge is 2.08. The first-order valence-electron chi connectivity index (χ1n) is 5.96. The Kier molecular flexibility index (Phi) is 5.49. The molecule has 0 aromatic carbocycles. The van der Waals surface area contributed by atoms with E-state index in [1.807, 2.05) is 19.4 Å². The van der Waals surface area contributed by atoms with Crippen molar-refractivity contribution in [2.45, 2.75) is 25.8 Å². The van der Waals surface area contributed by atoms with Crippen molar-refractivity contribution in [3.63, 3.8) is 0 Å². The summed E-state index contributed by atoms with van der Waals surface area (Å²) in [5.41, 5.74) is 0. The number of nitrogens with one attached hydrogen (secondary N) is 1. The third-order valence-electron chi connectivity index (χ3n) is 2.73. The van der Waals surface area contributed by atoms with Crippen molar-refractivity contribution < 1.29 is 0 Å². The van der Waals surface area contributed by atoms with Crippen LogP contribution < -0.4 is 5.32 Å². The zero-order chi connectivity index (χ0) is 12.0. The quantitative estimate of drug-likeness (QED) is 0.711. The maximum Gasteiger partial charge on any atom is 0.125 e. The molecule has 4 heteroatoms. The molecule has 1 heterocycles. The van der Waals surface area contributed by atoms with Gasteiger partial charge in [0.05, 0.1) is 6.04 Å². The lowest BCUT2D eigenvalue weighted by Gasteiger charge is -2.14. The van der Waals surface area contributed by atoms with Crippen LogP contribution in [0.1, 0.15) is 31.6 Å². The van der Waals surface area contributed by atoms with E-state index < -0.39 is 0 Å². The molecule has 0 spiro atoms. The van der Waals surface area contributed by atoms with Gasteiger partial charge < -0.3 is 14.8 Å². The standard InChI is InChI=1S/C12H24N4/c1-11(12-14-8-10-16(12)4)13-7-5-6-9-15(2)3/h8,10-11,13H,5-7,9H2,1-4H3. The summed E-state index contributed by atoms with van der Waals surface area (Å²) >= 11 is 0. The van der Waals surface area contributed by atoms with Gasteiger partial charge in [-0.25, -0.2) is 4.98 Å². The lowest BCUT2D eigenvalue weighted by atomic mass is 10.2. The van der Waals surface area contributed by atoms with Crippen LogP contribution in [0, 0.1) is 0 Å². The predicted octanol–water partition coefficient (Wildman–Crippen LogP) is 1.41. The molecular weight excluding hydrogens is 200 g/mol. The molecule has 0 aliphatic carbocycles. The first-order chi connectivity index (χ1) is 7.61. The van der Waals surface area contributed by atoms with Gasteiger partial charge in [0.1, 0.15) is 5.82 Å². The fraction of sp³-hybridized carbons (Fsp3) is 0.750. The van der Waals surface area contributed by atoms with Crippen molar-refractivity contribution in [2.24, 2.45) is 7.05 Å². The average molecular weight is 224 g/mol. The molecule has 0 aliphatic rings. The molecule has 1 aromatic heterocycles. The van der Waals surface area contributed by atoms with Gasteiger partial charge in [0.25, 0.3) is 0 Å². The molecule has 0 fully saturated rings. The average Bonchev–Trinajstić information content (AvgIpc) is 2.63. The minimum atomic E-state index is 0.333. The fourth-order valence-corrected chi connectivity index (χ4v) is 1.76. The molecule has 0 amide bonds. The summed E-state index contributed by atoms with van der Waals surface area (Å²) in [6.45, 7) is 4.38. The zero-order valence-electron chi connectivity index (χ0n) is 10.9. The van der Waals surface area contributed by atoms with Gasteiger partial charge in [0.2, 0.25) is 0 Å². The van der Waals surface area contributed by atoms with Gasteiger partial charge in [-0.05, 0) is 47.0 Å². The van der Waals surface area contributed by atoms with Gasteiger partial charge in [-0.3, -0.25) is 0 Å². The van der Waals surface area contributed by atoms with Crippen molar-refractivity contribution in [1.82, 2.24) is 19.8 Å². The Morgan fingerprint density at radius 1 is 1.44 bits per heavy atom. The van der Waals surface area contributed by atoms with Crippen LogP contribution in [0.2, 0.25) is 0 Å². The highest BCUT2D eigenvalue weighted by molar-refractivity contribution is 4.96. The van der Waals surface area contributed by atoms with Crippen LogP contribution >= 0.6 is 0 Å². The minimum Gasteiger partial charge on any atom is -0.337 e. The number of imidazole rings is 1. The molecule has 16 heavy (non-hydrogen) atoms. The second kappa shape index (κ2) is 6.66. The topological polar surface area (TPSA) is 33.1 Å². The zero-order valence-corrected chi connectivity index (χ0v) is 10.9. The van der Waals surface area contributed by atoms with E-state index in [1.54, 1.807) is 0 Å².